The third kappa shape index (κ3) is 3.85. The number of piperidine rings is 1. The average Bonchev–Trinajstić information content (AvgIpc) is 2.97. The second-order valence-corrected chi connectivity index (χ2v) is 6.76. The van der Waals surface area contributed by atoms with Crippen molar-refractivity contribution in [2.24, 2.45) is 0 Å². The van der Waals surface area contributed by atoms with Crippen molar-refractivity contribution in [1.29, 1.82) is 0 Å². The highest BCUT2D eigenvalue weighted by Gasteiger charge is 2.33. The van der Waals surface area contributed by atoms with E-state index < -0.39 is 6.10 Å². The SMILES string of the molecule is Cc1ccc(C)c(OC2CCN(C(=O)C3CC(O)CN3)CC2)c1. The van der Waals surface area contributed by atoms with E-state index in [0.717, 1.165) is 37.2 Å². The van der Waals surface area contributed by atoms with Crippen LogP contribution in [-0.4, -0.2) is 53.8 Å². The van der Waals surface area contributed by atoms with Gasteiger partial charge in [0, 0.05) is 32.5 Å². The summed E-state index contributed by atoms with van der Waals surface area (Å²) in [7, 11) is 0. The molecule has 2 N–H and O–H groups in total. The number of hydrogen-bond donors (Lipinski definition) is 2. The zero-order valence-electron chi connectivity index (χ0n) is 13.9. The summed E-state index contributed by atoms with van der Waals surface area (Å²) in [5.41, 5.74) is 2.35. The number of rotatable bonds is 3. The summed E-state index contributed by atoms with van der Waals surface area (Å²) in [6.45, 7) is 6.09. The quantitative estimate of drug-likeness (QED) is 0.884. The first-order chi connectivity index (χ1) is 11.0. The van der Waals surface area contributed by atoms with Crippen molar-refractivity contribution in [3.05, 3.63) is 29.3 Å². The van der Waals surface area contributed by atoms with Crippen molar-refractivity contribution in [1.82, 2.24) is 10.2 Å². The second-order valence-electron chi connectivity index (χ2n) is 6.76. The molecule has 1 aromatic rings. The van der Waals surface area contributed by atoms with E-state index >= 15 is 0 Å². The Morgan fingerprint density at radius 2 is 2.04 bits per heavy atom. The highest BCUT2D eigenvalue weighted by Crippen LogP contribution is 2.24. The molecule has 2 saturated heterocycles. The Morgan fingerprint density at radius 1 is 1.30 bits per heavy atom. The molecule has 0 aliphatic carbocycles. The Balaban J connectivity index is 1.52. The van der Waals surface area contributed by atoms with Gasteiger partial charge in [-0.25, -0.2) is 0 Å². The van der Waals surface area contributed by atoms with Gasteiger partial charge in [0.05, 0.1) is 12.1 Å². The van der Waals surface area contributed by atoms with Crippen LogP contribution in [0.15, 0.2) is 18.2 Å². The van der Waals surface area contributed by atoms with E-state index in [1.165, 1.54) is 5.56 Å². The van der Waals surface area contributed by atoms with Gasteiger partial charge < -0.3 is 20.1 Å². The molecular formula is C18H26N2O3. The Labute approximate surface area is 137 Å². The van der Waals surface area contributed by atoms with Crippen LogP contribution in [0.3, 0.4) is 0 Å². The summed E-state index contributed by atoms with van der Waals surface area (Å²) in [5, 5.41) is 12.6. The monoisotopic (exact) mass is 318 g/mol. The lowest BCUT2D eigenvalue weighted by Crippen LogP contribution is -2.48. The molecule has 0 saturated carbocycles. The van der Waals surface area contributed by atoms with Crippen LogP contribution in [0.1, 0.15) is 30.4 Å². The molecule has 0 spiro atoms. The van der Waals surface area contributed by atoms with Crippen LogP contribution in [0.2, 0.25) is 0 Å². The number of amides is 1. The van der Waals surface area contributed by atoms with Crippen molar-refractivity contribution in [2.45, 2.75) is 51.4 Å². The van der Waals surface area contributed by atoms with Crippen LogP contribution in [0.25, 0.3) is 0 Å². The zero-order chi connectivity index (χ0) is 16.4. The van der Waals surface area contributed by atoms with Gasteiger partial charge in [-0.2, -0.15) is 0 Å². The molecule has 2 aliphatic heterocycles. The molecule has 2 atom stereocenters. The molecule has 2 fully saturated rings. The van der Waals surface area contributed by atoms with E-state index in [0.29, 0.717) is 13.0 Å². The molecule has 2 unspecified atom stereocenters. The van der Waals surface area contributed by atoms with Crippen LogP contribution < -0.4 is 10.1 Å². The summed E-state index contributed by atoms with van der Waals surface area (Å²) < 4.78 is 6.14. The maximum Gasteiger partial charge on any atom is 0.239 e. The minimum atomic E-state index is -0.394. The molecule has 5 nitrogen and oxygen atoms in total. The summed E-state index contributed by atoms with van der Waals surface area (Å²) in [6, 6.07) is 6.03. The lowest BCUT2D eigenvalue weighted by Gasteiger charge is -2.34. The summed E-state index contributed by atoms with van der Waals surface area (Å²) in [6.07, 6.45) is 2.01. The lowest BCUT2D eigenvalue weighted by molar-refractivity contribution is -0.135. The van der Waals surface area contributed by atoms with Gasteiger partial charge in [0.2, 0.25) is 5.91 Å². The van der Waals surface area contributed by atoms with Crippen molar-refractivity contribution >= 4 is 5.91 Å². The van der Waals surface area contributed by atoms with E-state index in [1.807, 2.05) is 4.90 Å². The molecule has 3 rings (SSSR count). The minimum Gasteiger partial charge on any atom is -0.490 e. The first kappa shape index (κ1) is 16.3. The molecule has 2 heterocycles. The van der Waals surface area contributed by atoms with Crippen LogP contribution in [-0.2, 0) is 4.79 Å². The van der Waals surface area contributed by atoms with Crippen LogP contribution in [0.5, 0.6) is 5.75 Å². The summed E-state index contributed by atoms with van der Waals surface area (Å²) in [5.74, 6) is 1.07. The maximum absolute atomic E-state index is 12.4. The number of benzene rings is 1. The molecular weight excluding hydrogens is 292 g/mol. The number of hydrogen-bond acceptors (Lipinski definition) is 4. The van der Waals surface area contributed by atoms with Gasteiger partial charge in [0.25, 0.3) is 0 Å². The van der Waals surface area contributed by atoms with Gasteiger partial charge in [0.15, 0.2) is 0 Å². The van der Waals surface area contributed by atoms with E-state index in [-0.39, 0.29) is 18.1 Å². The maximum atomic E-state index is 12.4. The Kier molecular flexibility index (Phi) is 4.87. The molecule has 2 aliphatic rings. The minimum absolute atomic E-state index is 0.117. The van der Waals surface area contributed by atoms with E-state index in [9.17, 15) is 9.90 Å². The summed E-state index contributed by atoms with van der Waals surface area (Å²) in [4.78, 5) is 14.3. The number of likely N-dealkylation sites (tertiary alicyclic amines) is 1. The third-order valence-electron chi connectivity index (χ3n) is 4.80. The lowest BCUT2D eigenvalue weighted by atomic mass is 10.1. The molecule has 23 heavy (non-hydrogen) atoms. The fourth-order valence-electron chi connectivity index (χ4n) is 3.33. The van der Waals surface area contributed by atoms with Crippen LogP contribution in [0, 0.1) is 13.8 Å². The fraction of sp³-hybridized carbons (Fsp3) is 0.611. The third-order valence-corrected chi connectivity index (χ3v) is 4.80. The number of ether oxygens (including phenoxy) is 1. The molecule has 126 valence electrons. The number of nitrogens with zero attached hydrogens (tertiary/aromatic N) is 1. The first-order valence-electron chi connectivity index (χ1n) is 8.47. The van der Waals surface area contributed by atoms with Crippen LogP contribution >= 0.6 is 0 Å². The molecule has 0 radical (unpaired) electrons. The largest absolute Gasteiger partial charge is 0.490 e. The number of aliphatic hydroxyl groups is 1. The molecule has 0 bridgehead atoms. The normalized spacial score (nSPS) is 25.6. The Bertz CT molecular complexity index is 567. The van der Waals surface area contributed by atoms with Crippen molar-refractivity contribution in [3.63, 3.8) is 0 Å². The number of β-amino-alcohol motifs (C(OH)–C–C–N with tert-alkyl or cyclic N) is 1. The van der Waals surface area contributed by atoms with E-state index in [2.05, 4.69) is 37.4 Å². The van der Waals surface area contributed by atoms with Crippen molar-refractivity contribution < 1.29 is 14.6 Å². The average molecular weight is 318 g/mol. The standard InChI is InChI=1S/C18H26N2O3/c1-12-3-4-13(2)17(9-12)23-15-5-7-20(8-6-15)18(22)16-10-14(21)11-19-16/h3-4,9,14-16,19,21H,5-8,10-11H2,1-2H3. The van der Waals surface area contributed by atoms with Gasteiger partial charge in [-0.1, -0.05) is 12.1 Å². The number of carbonyl (C=O) groups is 1. The molecule has 5 heteroatoms. The van der Waals surface area contributed by atoms with Crippen molar-refractivity contribution in [2.75, 3.05) is 19.6 Å². The van der Waals surface area contributed by atoms with E-state index in [4.69, 9.17) is 4.74 Å². The highest BCUT2D eigenvalue weighted by atomic mass is 16.5. The van der Waals surface area contributed by atoms with Crippen molar-refractivity contribution in [3.8, 4) is 5.75 Å². The Morgan fingerprint density at radius 3 is 2.70 bits per heavy atom. The Hall–Kier alpha value is -1.59. The van der Waals surface area contributed by atoms with Gasteiger partial charge in [0.1, 0.15) is 11.9 Å². The van der Waals surface area contributed by atoms with Gasteiger partial charge >= 0.3 is 0 Å². The molecule has 0 aromatic heterocycles. The summed E-state index contributed by atoms with van der Waals surface area (Å²) >= 11 is 0. The first-order valence-corrected chi connectivity index (χ1v) is 8.47. The number of aliphatic hydroxyl groups excluding tert-OH is 1. The smallest absolute Gasteiger partial charge is 0.239 e. The molecule has 1 aromatic carbocycles. The number of nitrogens with one attached hydrogen (secondary N) is 1. The van der Waals surface area contributed by atoms with Gasteiger partial charge in [-0.15, -0.1) is 0 Å². The van der Waals surface area contributed by atoms with E-state index in [1.54, 1.807) is 0 Å². The number of carbonyl (C=O) groups excluding carboxylic acids is 1. The predicted octanol–water partition coefficient (Wildman–Crippen LogP) is 1.40. The molecule has 1 amide bonds. The topological polar surface area (TPSA) is 61.8 Å². The predicted molar refractivity (Wildman–Crippen MR) is 88.6 cm³/mol. The second kappa shape index (κ2) is 6.89. The zero-order valence-corrected chi connectivity index (χ0v) is 13.9. The van der Waals surface area contributed by atoms with Crippen LogP contribution in [0.4, 0.5) is 0 Å². The fourth-order valence-corrected chi connectivity index (χ4v) is 3.33. The highest BCUT2D eigenvalue weighted by molar-refractivity contribution is 5.82. The van der Waals surface area contributed by atoms with Gasteiger partial charge in [-0.05, 0) is 37.5 Å². The van der Waals surface area contributed by atoms with Gasteiger partial charge in [-0.3, -0.25) is 4.79 Å². The number of aryl methyl sites for hydroxylation is 2.